The quantitative estimate of drug-likeness (QED) is 0.629. The van der Waals surface area contributed by atoms with Crippen molar-refractivity contribution in [3.8, 4) is 0 Å². The van der Waals surface area contributed by atoms with Crippen LogP contribution in [-0.4, -0.2) is 30.8 Å². The fourth-order valence-corrected chi connectivity index (χ4v) is 2.08. The first-order chi connectivity index (χ1) is 9.54. The third kappa shape index (κ3) is 2.31. The van der Waals surface area contributed by atoms with Gasteiger partial charge in [-0.05, 0) is 6.07 Å². The van der Waals surface area contributed by atoms with Crippen molar-refractivity contribution in [2.75, 3.05) is 5.32 Å². The fraction of sp³-hybridized carbons (Fsp3) is 0. The first-order valence-electron chi connectivity index (χ1n) is 5.26. The van der Waals surface area contributed by atoms with Crippen molar-refractivity contribution >= 4 is 57.8 Å². The number of imidazole rings is 1. The molecule has 7 nitrogen and oxygen atoms in total. The van der Waals surface area contributed by atoms with Gasteiger partial charge in [0.1, 0.15) is 16.4 Å². The molecule has 3 rings (SSSR count). The second-order valence-corrected chi connectivity index (χ2v) is 4.88. The minimum atomic E-state index is -0.496. The standard InChI is InChI=1S/C10H5Cl3N6O/c11-3-1-4(16-6(3)12)9(20)19-10-17-7(13)5-8(18-10)15-2-14-5/h1-2,16H,(H2,14,15,17,18,19,20). The maximum absolute atomic E-state index is 12.0. The lowest BCUT2D eigenvalue weighted by Gasteiger charge is -2.02. The number of rotatable bonds is 2. The fourth-order valence-electron chi connectivity index (χ4n) is 1.55. The highest BCUT2D eigenvalue weighted by molar-refractivity contribution is 6.41. The van der Waals surface area contributed by atoms with Gasteiger partial charge in [0.25, 0.3) is 5.91 Å². The van der Waals surface area contributed by atoms with Gasteiger partial charge < -0.3 is 9.97 Å². The molecule has 10 heteroatoms. The van der Waals surface area contributed by atoms with Gasteiger partial charge in [-0.25, -0.2) is 4.98 Å². The number of fused-ring (bicyclic) bond motifs is 1. The zero-order valence-corrected chi connectivity index (χ0v) is 11.8. The molecule has 0 aromatic carbocycles. The number of nitrogens with zero attached hydrogens (tertiary/aromatic N) is 3. The number of aromatic amines is 2. The Morgan fingerprint density at radius 2 is 2.05 bits per heavy atom. The van der Waals surface area contributed by atoms with Crippen LogP contribution in [0, 0.1) is 0 Å². The lowest BCUT2D eigenvalue weighted by atomic mass is 10.4. The molecule has 0 aliphatic rings. The minimum absolute atomic E-state index is 0.0291. The van der Waals surface area contributed by atoms with Crippen LogP contribution >= 0.6 is 34.8 Å². The first-order valence-corrected chi connectivity index (χ1v) is 6.40. The van der Waals surface area contributed by atoms with Crippen LogP contribution in [0.15, 0.2) is 12.4 Å². The van der Waals surface area contributed by atoms with Gasteiger partial charge >= 0.3 is 0 Å². The van der Waals surface area contributed by atoms with Gasteiger partial charge in [-0.15, -0.1) is 0 Å². The molecule has 0 radical (unpaired) electrons. The number of hydrogen-bond donors (Lipinski definition) is 3. The molecule has 102 valence electrons. The molecule has 20 heavy (non-hydrogen) atoms. The highest BCUT2D eigenvalue weighted by Gasteiger charge is 2.15. The largest absolute Gasteiger partial charge is 0.341 e. The van der Waals surface area contributed by atoms with Crippen molar-refractivity contribution in [1.82, 2.24) is 24.9 Å². The summed E-state index contributed by atoms with van der Waals surface area (Å²) < 4.78 is 0. The number of anilines is 1. The molecule has 0 aliphatic carbocycles. The molecule has 0 fully saturated rings. The van der Waals surface area contributed by atoms with Crippen LogP contribution in [0.5, 0.6) is 0 Å². The Labute approximate surface area is 126 Å². The van der Waals surface area contributed by atoms with Crippen molar-refractivity contribution in [1.29, 1.82) is 0 Å². The Morgan fingerprint density at radius 1 is 1.25 bits per heavy atom. The van der Waals surface area contributed by atoms with E-state index in [2.05, 4.69) is 30.2 Å². The molecule has 3 aromatic rings. The zero-order valence-electron chi connectivity index (χ0n) is 9.54. The van der Waals surface area contributed by atoms with Gasteiger partial charge in [-0.2, -0.15) is 9.97 Å². The van der Waals surface area contributed by atoms with Crippen LogP contribution in [-0.2, 0) is 0 Å². The molecule has 0 saturated carbocycles. The summed E-state index contributed by atoms with van der Waals surface area (Å²) in [7, 11) is 0. The van der Waals surface area contributed by atoms with E-state index in [0.717, 1.165) is 0 Å². The number of carbonyl (C=O) groups excluding carboxylic acids is 1. The smallest absolute Gasteiger partial charge is 0.274 e. The van der Waals surface area contributed by atoms with Gasteiger partial charge in [-0.3, -0.25) is 10.1 Å². The summed E-state index contributed by atoms with van der Waals surface area (Å²) in [6.07, 6.45) is 1.43. The summed E-state index contributed by atoms with van der Waals surface area (Å²) in [5.41, 5.74) is 1.03. The van der Waals surface area contributed by atoms with Crippen LogP contribution in [0.3, 0.4) is 0 Å². The lowest BCUT2D eigenvalue weighted by Crippen LogP contribution is -2.14. The van der Waals surface area contributed by atoms with Crippen LogP contribution in [0.25, 0.3) is 11.2 Å². The Bertz CT molecular complexity index is 791. The molecule has 0 saturated heterocycles. The Hall–Kier alpha value is -1.83. The molecule has 0 spiro atoms. The van der Waals surface area contributed by atoms with Gasteiger partial charge in [0, 0.05) is 0 Å². The Kier molecular flexibility index (Phi) is 3.25. The van der Waals surface area contributed by atoms with Crippen LogP contribution in [0.2, 0.25) is 15.3 Å². The Morgan fingerprint density at radius 3 is 2.75 bits per heavy atom. The van der Waals surface area contributed by atoms with Crippen LogP contribution < -0.4 is 5.32 Å². The minimum Gasteiger partial charge on any atom is -0.341 e. The second kappa shape index (κ2) is 4.93. The normalized spacial score (nSPS) is 10.9. The number of carbonyl (C=O) groups is 1. The number of amides is 1. The van der Waals surface area contributed by atoms with Gasteiger partial charge in [-0.1, -0.05) is 34.8 Å². The molecular weight excluding hydrogens is 327 g/mol. The molecule has 0 atom stereocenters. The monoisotopic (exact) mass is 330 g/mol. The zero-order chi connectivity index (χ0) is 14.3. The molecule has 0 unspecified atom stereocenters. The second-order valence-electron chi connectivity index (χ2n) is 3.74. The van der Waals surface area contributed by atoms with E-state index in [9.17, 15) is 4.79 Å². The molecule has 0 bridgehead atoms. The number of hydrogen-bond acceptors (Lipinski definition) is 4. The topological polar surface area (TPSA) is 99.3 Å². The van der Waals surface area contributed by atoms with E-state index in [1.54, 1.807) is 0 Å². The SMILES string of the molecule is O=C(Nc1nc(Cl)c2[nH]cnc2n1)c1cc(Cl)c(Cl)[nH]1. The van der Waals surface area contributed by atoms with Gasteiger partial charge in [0.2, 0.25) is 5.95 Å². The molecule has 1 amide bonds. The first kappa shape index (κ1) is 13.2. The summed E-state index contributed by atoms with van der Waals surface area (Å²) >= 11 is 17.4. The maximum Gasteiger partial charge on any atom is 0.274 e. The van der Waals surface area contributed by atoms with Crippen molar-refractivity contribution in [2.24, 2.45) is 0 Å². The lowest BCUT2D eigenvalue weighted by molar-refractivity contribution is 0.102. The van der Waals surface area contributed by atoms with E-state index < -0.39 is 5.91 Å². The summed E-state index contributed by atoms with van der Waals surface area (Å²) in [5.74, 6) is -0.466. The van der Waals surface area contributed by atoms with E-state index in [4.69, 9.17) is 34.8 Å². The number of nitrogens with one attached hydrogen (secondary N) is 3. The third-order valence-electron chi connectivity index (χ3n) is 2.44. The highest BCUT2D eigenvalue weighted by Crippen LogP contribution is 2.23. The number of aromatic nitrogens is 5. The van der Waals surface area contributed by atoms with Crippen LogP contribution in [0.1, 0.15) is 10.5 Å². The van der Waals surface area contributed by atoms with E-state index in [-0.39, 0.29) is 27.0 Å². The third-order valence-corrected chi connectivity index (χ3v) is 3.40. The predicted octanol–water partition coefficient (Wildman–Crippen LogP) is 2.89. The predicted molar refractivity (Wildman–Crippen MR) is 75.5 cm³/mol. The van der Waals surface area contributed by atoms with Crippen molar-refractivity contribution in [2.45, 2.75) is 0 Å². The van der Waals surface area contributed by atoms with Gasteiger partial charge in [0.15, 0.2) is 10.8 Å². The van der Waals surface area contributed by atoms with Gasteiger partial charge in [0.05, 0.1) is 11.3 Å². The van der Waals surface area contributed by atoms with E-state index in [0.29, 0.717) is 11.2 Å². The van der Waals surface area contributed by atoms with E-state index in [1.165, 1.54) is 12.4 Å². The summed E-state index contributed by atoms with van der Waals surface area (Å²) in [4.78, 5) is 29.3. The summed E-state index contributed by atoms with van der Waals surface area (Å²) in [5, 5.41) is 3.06. The molecular formula is C10H5Cl3N6O. The number of halogens is 3. The van der Waals surface area contributed by atoms with E-state index >= 15 is 0 Å². The molecule has 0 aliphatic heterocycles. The average molecular weight is 332 g/mol. The summed E-state index contributed by atoms with van der Waals surface area (Å²) in [6.45, 7) is 0. The van der Waals surface area contributed by atoms with E-state index in [1.807, 2.05) is 0 Å². The molecule has 3 N–H and O–H groups in total. The van der Waals surface area contributed by atoms with Crippen LogP contribution in [0.4, 0.5) is 5.95 Å². The summed E-state index contributed by atoms with van der Waals surface area (Å²) in [6, 6.07) is 1.40. The Balaban J connectivity index is 1.90. The highest BCUT2D eigenvalue weighted by atomic mass is 35.5. The molecule has 3 aromatic heterocycles. The van der Waals surface area contributed by atoms with Crippen molar-refractivity contribution in [3.05, 3.63) is 33.4 Å². The number of H-pyrrole nitrogens is 2. The average Bonchev–Trinajstić information content (AvgIpc) is 2.97. The molecule has 3 heterocycles. The van der Waals surface area contributed by atoms with Crippen molar-refractivity contribution < 1.29 is 4.79 Å². The van der Waals surface area contributed by atoms with Crippen molar-refractivity contribution in [3.63, 3.8) is 0 Å². The maximum atomic E-state index is 12.0.